The molecule has 0 saturated heterocycles. The zero-order valence-corrected chi connectivity index (χ0v) is 6.16. The summed E-state index contributed by atoms with van der Waals surface area (Å²) in [4.78, 5) is 0. The van der Waals surface area contributed by atoms with Crippen molar-refractivity contribution in [2.24, 2.45) is 0 Å². The van der Waals surface area contributed by atoms with Crippen LogP contribution in [0.25, 0.3) is 0 Å². The molecule has 0 nitrogen and oxygen atoms in total. The molecule has 0 heterocycles. The van der Waals surface area contributed by atoms with E-state index in [1.807, 2.05) is 0 Å². The average molecular weight is 194 g/mol. The summed E-state index contributed by atoms with van der Waals surface area (Å²) in [6.07, 6.45) is 0. The van der Waals surface area contributed by atoms with Crippen LogP contribution in [-0.4, -0.2) is 0 Å². The Bertz CT molecular complexity index is 16.4. The molecule has 27 valence electrons. The van der Waals surface area contributed by atoms with Gasteiger partial charge in [0.05, 0.1) is 0 Å². The zero-order valence-electron chi connectivity index (χ0n) is 2.62. The molecule has 0 rings (SSSR count). The van der Waals surface area contributed by atoms with Crippen molar-refractivity contribution in [3.05, 3.63) is 0 Å². The molecule has 0 aromatic carbocycles. The normalized spacial score (nSPS) is 1.25. The summed E-state index contributed by atoms with van der Waals surface area (Å²) < 4.78 is 0. The van der Waals surface area contributed by atoms with Gasteiger partial charge in [0.15, 0.2) is 0 Å². The molecule has 0 spiro atoms. The quantitative estimate of drug-likeness (QED) is 0.398. The Kier molecular flexibility index (Phi) is 78.7. The molecule has 0 aromatic heterocycles. The fourth-order valence-electron chi connectivity index (χ4n) is 0. The molecule has 0 bridgehead atoms. The summed E-state index contributed by atoms with van der Waals surface area (Å²) in [5.41, 5.74) is 0. The van der Waals surface area contributed by atoms with E-state index in [4.69, 9.17) is 0 Å². The van der Waals surface area contributed by atoms with Crippen LogP contribution in [0.15, 0.2) is 0 Å². The van der Waals surface area contributed by atoms with Gasteiger partial charge in [-0.05, 0) is 0 Å². The first kappa shape index (κ1) is 16.4. The van der Waals surface area contributed by atoms with E-state index in [2.05, 4.69) is 6.55 Å². The molecule has 4 heteroatoms. The van der Waals surface area contributed by atoms with Gasteiger partial charge >= 0.3 is 27.2 Å². The average Bonchev–Trinajstić information content (AvgIpc) is 1.00. The van der Waals surface area contributed by atoms with Crippen LogP contribution < -0.4 is 0 Å². The van der Waals surface area contributed by atoms with Crippen molar-refractivity contribution >= 4 is 6.55 Å². The summed E-state index contributed by atoms with van der Waals surface area (Å²) in [6.45, 7) is 3.53. The third kappa shape index (κ3) is 8.90. The first-order valence-corrected chi connectivity index (χ1v) is 2.77. The Labute approximate surface area is 60.4 Å². The van der Waals surface area contributed by atoms with Gasteiger partial charge in [0.2, 0.25) is 0 Å². The fourth-order valence-corrected chi connectivity index (χ4v) is 0. The molecule has 0 radical (unpaired) electrons. The molecule has 0 fully saturated rings. The van der Waals surface area contributed by atoms with Crippen LogP contribution in [0.2, 0.25) is 0 Å². The van der Waals surface area contributed by atoms with E-state index in [9.17, 15) is 0 Å². The third-order valence-electron chi connectivity index (χ3n) is 0. The second-order valence-electron chi connectivity index (χ2n) is 0. The van der Waals surface area contributed by atoms with Crippen LogP contribution in [0.1, 0.15) is 1.43 Å². The Balaban J connectivity index is -0.00000000167. The van der Waals surface area contributed by atoms with Crippen LogP contribution in [0.4, 0.5) is 0 Å². The maximum absolute atomic E-state index is 3.53. The van der Waals surface area contributed by atoms with Crippen molar-refractivity contribution in [1.29, 1.82) is 0 Å². The van der Waals surface area contributed by atoms with Crippen LogP contribution in [0.3, 0.4) is 0 Å². The number of hydrogen-bond donors (Lipinski definition) is 0. The van der Waals surface area contributed by atoms with Crippen molar-refractivity contribution < 1.29 is 54.2 Å². The fraction of sp³-hybridized carbons (Fsp3) is 0. The summed E-state index contributed by atoms with van der Waals surface area (Å²) in [7, 11) is 0. The molecule has 0 aliphatic rings. The Morgan fingerprint density at radius 2 is 1.50 bits per heavy atom. The molecule has 0 aliphatic carbocycles. The predicted molar refractivity (Wildman–Crippen MR) is 8.03 cm³/mol. The minimum atomic E-state index is 0. The standard InChI is InChI=1S/Fe.Ni.P.Ti/p+1. The molecule has 0 unspecified atom stereocenters. The molecule has 0 N–H and O–H groups in total. The SMILES string of the molecule is [Fe].[H+].[Ni].[P]#[Ti]. The van der Waals surface area contributed by atoms with Gasteiger partial charge in [0.25, 0.3) is 0 Å². The van der Waals surface area contributed by atoms with Gasteiger partial charge in [0.1, 0.15) is 0 Å². The molecular weight excluding hydrogens is 193 g/mol. The topological polar surface area (TPSA) is 0 Å². The van der Waals surface area contributed by atoms with Crippen LogP contribution >= 0.6 is 6.55 Å². The van der Waals surface area contributed by atoms with E-state index in [-0.39, 0.29) is 35.0 Å². The van der Waals surface area contributed by atoms with E-state index in [1.54, 1.807) is 19.2 Å². The van der Waals surface area contributed by atoms with E-state index in [1.165, 1.54) is 0 Å². The second-order valence-corrected chi connectivity index (χ2v) is 0. The van der Waals surface area contributed by atoms with Gasteiger partial charge < -0.3 is 0 Å². The number of rotatable bonds is 0. The maximum atomic E-state index is 3.53. The van der Waals surface area contributed by atoms with E-state index in [0.29, 0.717) is 0 Å². The van der Waals surface area contributed by atoms with Crippen LogP contribution in [0, 0.1) is 0 Å². The van der Waals surface area contributed by atoms with Crippen LogP contribution in [0.5, 0.6) is 0 Å². The van der Waals surface area contributed by atoms with Gasteiger partial charge in [-0.3, -0.25) is 0 Å². The molecule has 0 amide bonds. The predicted octanol–water partition coefficient (Wildman–Crippen LogP) is 0.966. The number of hydrogen-bond acceptors (Lipinski definition) is 0. The van der Waals surface area contributed by atoms with Crippen LogP contribution in [-0.2, 0) is 52.7 Å². The van der Waals surface area contributed by atoms with Gasteiger partial charge in [0, 0.05) is 33.6 Å². The Morgan fingerprint density at radius 3 is 1.50 bits per heavy atom. The Morgan fingerprint density at radius 1 is 1.50 bits per heavy atom. The summed E-state index contributed by atoms with van der Waals surface area (Å²) in [5.74, 6) is 0. The molecule has 4 heavy (non-hydrogen) atoms. The Hall–Kier alpha value is 2.16. The first-order chi connectivity index (χ1) is 1.00. The molecule has 0 aromatic rings. The van der Waals surface area contributed by atoms with Gasteiger partial charge in [-0.15, -0.1) is 0 Å². The summed E-state index contributed by atoms with van der Waals surface area (Å²) in [6, 6.07) is 0. The monoisotopic (exact) mass is 194 g/mol. The zero-order chi connectivity index (χ0) is 2.00. The molecular formula is HFeNiPTi+. The van der Waals surface area contributed by atoms with E-state index < -0.39 is 0 Å². The van der Waals surface area contributed by atoms with E-state index >= 15 is 0 Å². The third-order valence-corrected chi connectivity index (χ3v) is 0. The van der Waals surface area contributed by atoms with Crippen molar-refractivity contribution in [3.8, 4) is 0 Å². The van der Waals surface area contributed by atoms with Gasteiger partial charge in [-0.1, -0.05) is 0 Å². The molecule has 0 aliphatic heterocycles. The first-order valence-electron chi connectivity index (χ1n) is 0.224. The summed E-state index contributed by atoms with van der Waals surface area (Å²) in [5, 5.41) is 0. The van der Waals surface area contributed by atoms with Gasteiger partial charge in [-0.25, -0.2) is 0 Å². The molecule has 0 saturated carbocycles. The van der Waals surface area contributed by atoms with Gasteiger partial charge in [-0.2, -0.15) is 0 Å². The van der Waals surface area contributed by atoms with Crippen molar-refractivity contribution in [1.82, 2.24) is 0 Å². The second kappa shape index (κ2) is 19.2. The van der Waals surface area contributed by atoms with Crippen molar-refractivity contribution in [2.45, 2.75) is 0 Å². The van der Waals surface area contributed by atoms with Crippen molar-refractivity contribution in [3.63, 3.8) is 0 Å². The summed E-state index contributed by atoms with van der Waals surface area (Å²) >= 11 is 1.69. The van der Waals surface area contributed by atoms with Crippen molar-refractivity contribution in [2.75, 3.05) is 0 Å². The minimum absolute atomic E-state index is 0. The molecule has 0 atom stereocenters. The van der Waals surface area contributed by atoms with E-state index in [0.717, 1.165) is 0 Å².